The van der Waals surface area contributed by atoms with Gasteiger partial charge >= 0.3 is 0 Å². The highest BCUT2D eigenvalue weighted by Gasteiger charge is 2.12. The summed E-state index contributed by atoms with van der Waals surface area (Å²) in [4.78, 5) is 4.62. The third-order valence-electron chi connectivity index (χ3n) is 3.09. The fourth-order valence-corrected chi connectivity index (χ4v) is 2.70. The molecule has 2 aromatic carbocycles. The minimum atomic E-state index is 0.518. The summed E-state index contributed by atoms with van der Waals surface area (Å²) in [6.07, 6.45) is 0.691. The van der Waals surface area contributed by atoms with E-state index in [1.165, 1.54) is 0 Å². The molecule has 20 heavy (non-hydrogen) atoms. The SMILES string of the molecule is ClCCc1nc2cc(Cl)ccc2n1-c1ccc(Cl)cc1. The van der Waals surface area contributed by atoms with Crippen molar-refractivity contribution in [2.75, 3.05) is 5.88 Å². The van der Waals surface area contributed by atoms with E-state index in [1.807, 2.05) is 42.5 Å². The molecule has 2 nitrogen and oxygen atoms in total. The van der Waals surface area contributed by atoms with Crippen molar-refractivity contribution in [1.82, 2.24) is 9.55 Å². The van der Waals surface area contributed by atoms with Gasteiger partial charge in [0.15, 0.2) is 0 Å². The van der Waals surface area contributed by atoms with Crippen LogP contribution in [0.25, 0.3) is 16.7 Å². The van der Waals surface area contributed by atoms with Crippen LogP contribution in [0.3, 0.4) is 0 Å². The Morgan fingerprint density at radius 1 is 0.950 bits per heavy atom. The first-order chi connectivity index (χ1) is 9.69. The second kappa shape index (κ2) is 5.65. The van der Waals surface area contributed by atoms with Gasteiger partial charge in [0.1, 0.15) is 5.82 Å². The second-order valence-electron chi connectivity index (χ2n) is 4.41. The van der Waals surface area contributed by atoms with Gasteiger partial charge in [0.25, 0.3) is 0 Å². The number of fused-ring (bicyclic) bond motifs is 1. The Labute approximate surface area is 131 Å². The maximum atomic E-state index is 6.03. The van der Waals surface area contributed by atoms with E-state index in [-0.39, 0.29) is 0 Å². The molecule has 0 unspecified atom stereocenters. The van der Waals surface area contributed by atoms with Gasteiger partial charge in [-0.2, -0.15) is 0 Å². The van der Waals surface area contributed by atoms with Gasteiger partial charge in [0.05, 0.1) is 11.0 Å². The number of aromatic nitrogens is 2. The average molecular weight is 326 g/mol. The molecule has 1 heterocycles. The van der Waals surface area contributed by atoms with Crippen LogP contribution in [-0.2, 0) is 6.42 Å². The molecule has 0 saturated carbocycles. The highest BCUT2D eigenvalue weighted by atomic mass is 35.5. The molecule has 3 rings (SSSR count). The molecule has 5 heteroatoms. The molecule has 0 fully saturated rings. The summed E-state index contributed by atoms with van der Waals surface area (Å²) in [6, 6.07) is 13.4. The largest absolute Gasteiger partial charge is 0.296 e. The Bertz CT molecular complexity index is 748. The van der Waals surface area contributed by atoms with Crippen molar-refractivity contribution in [3.05, 3.63) is 58.3 Å². The molecule has 0 aliphatic heterocycles. The van der Waals surface area contributed by atoms with Crippen LogP contribution in [-0.4, -0.2) is 15.4 Å². The molecule has 0 aliphatic rings. The van der Waals surface area contributed by atoms with Crippen LogP contribution in [0.2, 0.25) is 10.0 Å². The van der Waals surface area contributed by atoms with E-state index < -0.39 is 0 Å². The molecule has 0 spiro atoms. The van der Waals surface area contributed by atoms with Crippen LogP contribution < -0.4 is 0 Å². The van der Waals surface area contributed by atoms with Crippen LogP contribution in [0.1, 0.15) is 5.82 Å². The number of rotatable bonds is 3. The Morgan fingerprint density at radius 3 is 2.35 bits per heavy atom. The van der Waals surface area contributed by atoms with Crippen molar-refractivity contribution < 1.29 is 0 Å². The van der Waals surface area contributed by atoms with E-state index in [0.29, 0.717) is 22.3 Å². The summed E-state index contributed by atoms with van der Waals surface area (Å²) < 4.78 is 2.09. The maximum absolute atomic E-state index is 6.03. The normalized spacial score (nSPS) is 11.2. The number of hydrogen-bond donors (Lipinski definition) is 0. The molecule has 0 saturated heterocycles. The smallest absolute Gasteiger partial charge is 0.115 e. The fraction of sp³-hybridized carbons (Fsp3) is 0.133. The van der Waals surface area contributed by atoms with Gasteiger partial charge in [-0.3, -0.25) is 4.57 Å². The van der Waals surface area contributed by atoms with E-state index in [0.717, 1.165) is 22.5 Å². The van der Waals surface area contributed by atoms with E-state index in [1.54, 1.807) is 0 Å². The minimum Gasteiger partial charge on any atom is -0.296 e. The molecule has 102 valence electrons. The number of nitrogens with zero attached hydrogens (tertiary/aromatic N) is 2. The van der Waals surface area contributed by atoms with E-state index in [9.17, 15) is 0 Å². The van der Waals surface area contributed by atoms with Crippen LogP contribution in [0.5, 0.6) is 0 Å². The van der Waals surface area contributed by atoms with Crippen LogP contribution in [0.4, 0.5) is 0 Å². The van der Waals surface area contributed by atoms with Gasteiger partial charge in [0.2, 0.25) is 0 Å². The highest BCUT2D eigenvalue weighted by Crippen LogP contribution is 2.25. The maximum Gasteiger partial charge on any atom is 0.115 e. The van der Waals surface area contributed by atoms with E-state index in [2.05, 4.69) is 9.55 Å². The van der Waals surface area contributed by atoms with Gasteiger partial charge < -0.3 is 0 Å². The Hall–Kier alpha value is -1.22. The standard InChI is InChI=1S/C15H11Cl3N2/c16-8-7-15-19-13-9-11(18)3-6-14(13)20(15)12-4-1-10(17)2-5-12/h1-6,9H,7-8H2. The number of alkyl halides is 1. The summed E-state index contributed by atoms with van der Waals surface area (Å²) >= 11 is 17.9. The lowest BCUT2D eigenvalue weighted by atomic mass is 10.2. The molecule has 3 aromatic rings. The molecular formula is C15H11Cl3N2. The molecule has 0 N–H and O–H groups in total. The summed E-state index contributed by atoms with van der Waals surface area (Å²) in [7, 11) is 0. The summed E-state index contributed by atoms with van der Waals surface area (Å²) in [6.45, 7) is 0. The first-order valence-corrected chi connectivity index (χ1v) is 7.47. The van der Waals surface area contributed by atoms with Crippen molar-refractivity contribution in [3.63, 3.8) is 0 Å². The summed E-state index contributed by atoms with van der Waals surface area (Å²) in [5.41, 5.74) is 2.89. The quantitative estimate of drug-likeness (QED) is 0.612. The second-order valence-corrected chi connectivity index (χ2v) is 5.66. The van der Waals surface area contributed by atoms with E-state index >= 15 is 0 Å². The van der Waals surface area contributed by atoms with Crippen molar-refractivity contribution in [3.8, 4) is 5.69 Å². The summed E-state index contributed by atoms with van der Waals surface area (Å²) in [5, 5.41) is 1.38. The lowest BCUT2D eigenvalue weighted by Gasteiger charge is -2.08. The third-order valence-corrected chi connectivity index (χ3v) is 3.76. The number of hydrogen-bond acceptors (Lipinski definition) is 1. The first kappa shape index (κ1) is 13.7. The van der Waals surface area contributed by atoms with Gasteiger partial charge in [-0.1, -0.05) is 23.2 Å². The first-order valence-electron chi connectivity index (χ1n) is 6.18. The Morgan fingerprint density at radius 2 is 1.65 bits per heavy atom. The topological polar surface area (TPSA) is 17.8 Å². The zero-order valence-electron chi connectivity index (χ0n) is 10.5. The molecule has 0 atom stereocenters. The lowest BCUT2D eigenvalue weighted by molar-refractivity contribution is 0.912. The summed E-state index contributed by atoms with van der Waals surface area (Å²) in [5.74, 6) is 1.43. The molecule has 1 aromatic heterocycles. The number of benzene rings is 2. The van der Waals surface area contributed by atoms with Gasteiger partial charge in [-0.05, 0) is 42.5 Å². The van der Waals surface area contributed by atoms with Crippen LogP contribution in [0.15, 0.2) is 42.5 Å². The minimum absolute atomic E-state index is 0.518. The number of aryl methyl sites for hydroxylation is 1. The number of halogens is 3. The molecular weight excluding hydrogens is 315 g/mol. The van der Waals surface area contributed by atoms with Gasteiger partial charge in [0, 0.05) is 28.0 Å². The zero-order chi connectivity index (χ0) is 14.1. The fourth-order valence-electron chi connectivity index (χ4n) is 2.23. The van der Waals surface area contributed by atoms with Crippen molar-refractivity contribution in [2.45, 2.75) is 6.42 Å². The molecule has 0 radical (unpaired) electrons. The monoisotopic (exact) mass is 324 g/mol. The predicted molar refractivity (Wildman–Crippen MR) is 85.5 cm³/mol. The van der Waals surface area contributed by atoms with Crippen molar-refractivity contribution in [1.29, 1.82) is 0 Å². The predicted octanol–water partition coefficient (Wildman–Crippen LogP) is 5.11. The lowest BCUT2D eigenvalue weighted by Crippen LogP contribution is -2.01. The van der Waals surface area contributed by atoms with Crippen LogP contribution in [0, 0.1) is 0 Å². The molecule has 0 amide bonds. The van der Waals surface area contributed by atoms with E-state index in [4.69, 9.17) is 34.8 Å². The number of imidazole rings is 1. The van der Waals surface area contributed by atoms with Gasteiger partial charge in [-0.25, -0.2) is 4.98 Å². The highest BCUT2D eigenvalue weighted by molar-refractivity contribution is 6.31. The molecule has 0 bridgehead atoms. The van der Waals surface area contributed by atoms with Gasteiger partial charge in [-0.15, -0.1) is 11.6 Å². The average Bonchev–Trinajstić information content (AvgIpc) is 2.77. The Balaban J connectivity index is 2.25. The zero-order valence-corrected chi connectivity index (χ0v) is 12.8. The van der Waals surface area contributed by atoms with Crippen LogP contribution >= 0.6 is 34.8 Å². The molecule has 0 aliphatic carbocycles. The Kier molecular flexibility index (Phi) is 3.88. The van der Waals surface area contributed by atoms with Crippen molar-refractivity contribution >= 4 is 45.8 Å². The van der Waals surface area contributed by atoms with Crippen molar-refractivity contribution in [2.24, 2.45) is 0 Å². The third kappa shape index (κ3) is 2.51.